The summed E-state index contributed by atoms with van der Waals surface area (Å²) in [6.45, 7) is 6.90. The Morgan fingerprint density at radius 1 is 0.347 bits per heavy atom. The largest absolute Gasteiger partial charge is 0.309 e. The first-order chi connectivity index (χ1) is 24.0. The van der Waals surface area contributed by atoms with Crippen LogP contribution in [0, 0.1) is 0 Å². The summed E-state index contributed by atoms with van der Waals surface area (Å²) >= 11 is 0. The minimum absolute atomic E-state index is 0.0414. The highest BCUT2D eigenvalue weighted by Crippen LogP contribution is 2.45. The summed E-state index contributed by atoms with van der Waals surface area (Å²) < 4.78 is 2.41. The molecule has 49 heavy (non-hydrogen) atoms. The maximum absolute atomic E-state index is 2.43. The van der Waals surface area contributed by atoms with Crippen LogP contribution in [-0.2, 0) is 5.41 Å². The molecule has 0 amide bonds. The van der Waals surface area contributed by atoms with Crippen molar-refractivity contribution in [2.75, 3.05) is 0 Å². The molecule has 0 saturated carbocycles. The Morgan fingerprint density at radius 3 is 1.53 bits per heavy atom. The number of benzene rings is 8. The van der Waals surface area contributed by atoms with Gasteiger partial charge in [0.25, 0.3) is 0 Å². The Labute approximate surface area is 287 Å². The Morgan fingerprint density at radius 2 is 0.857 bits per heavy atom. The molecule has 8 aromatic carbocycles. The summed E-state index contributed by atoms with van der Waals surface area (Å²) in [6.07, 6.45) is 0. The van der Waals surface area contributed by atoms with Gasteiger partial charge in [-0.15, -0.1) is 0 Å². The predicted octanol–water partition coefficient (Wildman–Crippen LogP) is 13.4. The third kappa shape index (κ3) is 4.85. The molecule has 1 aromatic heterocycles. The molecule has 9 rings (SSSR count). The van der Waals surface area contributed by atoms with Gasteiger partial charge in [0.15, 0.2) is 0 Å². The molecule has 0 radical (unpaired) electrons. The van der Waals surface area contributed by atoms with Crippen molar-refractivity contribution >= 4 is 43.4 Å². The first kappa shape index (κ1) is 29.2. The van der Waals surface area contributed by atoms with E-state index in [0.717, 1.165) is 5.69 Å². The van der Waals surface area contributed by atoms with E-state index < -0.39 is 0 Å². The van der Waals surface area contributed by atoms with Crippen molar-refractivity contribution in [3.63, 3.8) is 0 Å². The van der Waals surface area contributed by atoms with Gasteiger partial charge in [-0.3, -0.25) is 0 Å². The molecule has 1 nitrogen and oxygen atoms in total. The van der Waals surface area contributed by atoms with E-state index in [2.05, 4.69) is 195 Å². The summed E-state index contributed by atoms with van der Waals surface area (Å²) in [5.41, 5.74) is 12.5. The second kappa shape index (κ2) is 11.4. The number of hydrogen-bond donors (Lipinski definition) is 0. The molecule has 0 fully saturated rings. The van der Waals surface area contributed by atoms with E-state index >= 15 is 0 Å². The molecule has 0 N–H and O–H groups in total. The average molecular weight is 628 g/mol. The fraction of sp³-hybridized carbons (Fsp3) is 0.0833. The van der Waals surface area contributed by atoms with Crippen LogP contribution in [0.15, 0.2) is 170 Å². The molecular formula is C48H37N. The van der Waals surface area contributed by atoms with Crippen molar-refractivity contribution in [3.8, 4) is 39.1 Å². The minimum atomic E-state index is 0.0414. The molecule has 1 heterocycles. The summed E-state index contributed by atoms with van der Waals surface area (Å²) in [5.74, 6) is 0. The Balaban J connectivity index is 1.26. The van der Waals surface area contributed by atoms with E-state index in [1.807, 2.05) is 0 Å². The quantitative estimate of drug-likeness (QED) is 0.171. The normalized spacial score (nSPS) is 12.0. The van der Waals surface area contributed by atoms with Crippen molar-refractivity contribution in [3.05, 3.63) is 175 Å². The average Bonchev–Trinajstić information content (AvgIpc) is 3.48. The molecule has 1 heteroatoms. The van der Waals surface area contributed by atoms with Crippen LogP contribution in [0.25, 0.3) is 82.4 Å². The lowest BCUT2D eigenvalue weighted by Gasteiger charge is -2.23. The third-order valence-electron chi connectivity index (χ3n) is 10.1. The molecule has 0 aliphatic heterocycles. The molecule has 0 aliphatic carbocycles. The fourth-order valence-corrected chi connectivity index (χ4v) is 7.71. The first-order valence-electron chi connectivity index (χ1n) is 17.2. The van der Waals surface area contributed by atoms with Gasteiger partial charge in [0.1, 0.15) is 0 Å². The summed E-state index contributed by atoms with van der Waals surface area (Å²) in [6, 6.07) is 62.4. The Hall–Kier alpha value is -5.92. The molecular weight excluding hydrogens is 591 g/mol. The van der Waals surface area contributed by atoms with Crippen LogP contribution in [0.3, 0.4) is 0 Å². The molecule has 0 bridgehead atoms. The Kier molecular flexibility index (Phi) is 6.78. The van der Waals surface area contributed by atoms with Crippen molar-refractivity contribution in [2.24, 2.45) is 0 Å². The van der Waals surface area contributed by atoms with Crippen LogP contribution in [0.1, 0.15) is 26.3 Å². The highest BCUT2D eigenvalue weighted by Gasteiger charge is 2.21. The standard InChI is InChI=1S/C48H37N/c1-48(2,3)36-25-28-41-43(31-36)47(33-16-8-5-9-17-33)40-20-11-10-19-39(40)46(41)34-22-26-37(27-23-34)49-44-21-13-12-18-38(44)42-30-35(24-29-45(42)49)32-14-6-4-7-15-32/h4-31H,1-3H3. The summed E-state index contributed by atoms with van der Waals surface area (Å²) in [5, 5.41) is 7.67. The number of rotatable bonds is 4. The number of aromatic nitrogens is 1. The second-order valence-corrected chi connectivity index (χ2v) is 14.2. The van der Waals surface area contributed by atoms with Crippen LogP contribution in [-0.4, -0.2) is 4.57 Å². The summed E-state index contributed by atoms with van der Waals surface area (Å²) in [7, 11) is 0. The maximum Gasteiger partial charge on any atom is 0.0541 e. The summed E-state index contributed by atoms with van der Waals surface area (Å²) in [4.78, 5) is 0. The number of nitrogens with zero attached hydrogens (tertiary/aromatic N) is 1. The number of hydrogen-bond acceptors (Lipinski definition) is 0. The van der Waals surface area contributed by atoms with Gasteiger partial charge < -0.3 is 4.57 Å². The topological polar surface area (TPSA) is 4.93 Å². The molecule has 9 aromatic rings. The highest BCUT2D eigenvalue weighted by molar-refractivity contribution is 6.21. The van der Waals surface area contributed by atoms with Crippen LogP contribution in [0.5, 0.6) is 0 Å². The van der Waals surface area contributed by atoms with E-state index in [1.165, 1.54) is 82.3 Å². The van der Waals surface area contributed by atoms with Gasteiger partial charge in [0.2, 0.25) is 0 Å². The molecule has 0 aliphatic rings. The van der Waals surface area contributed by atoms with Gasteiger partial charge in [0.05, 0.1) is 11.0 Å². The second-order valence-electron chi connectivity index (χ2n) is 14.2. The lowest BCUT2D eigenvalue weighted by atomic mass is 9.81. The van der Waals surface area contributed by atoms with Gasteiger partial charge in [-0.25, -0.2) is 0 Å². The van der Waals surface area contributed by atoms with Crippen molar-refractivity contribution < 1.29 is 0 Å². The van der Waals surface area contributed by atoms with E-state index in [9.17, 15) is 0 Å². The molecule has 0 saturated heterocycles. The van der Waals surface area contributed by atoms with Gasteiger partial charge in [0, 0.05) is 16.5 Å². The molecule has 0 spiro atoms. The minimum Gasteiger partial charge on any atom is -0.309 e. The lowest BCUT2D eigenvalue weighted by molar-refractivity contribution is 0.591. The van der Waals surface area contributed by atoms with Gasteiger partial charge >= 0.3 is 0 Å². The Bertz CT molecular complexity index is 2650. The zero-order chi connectivity index (χ0) is 33.1. The first-order valence-corrected chi connectivity index (χ1v) is 17.2. The van der Waals surface area contributed by atoms with E-state index in [-0.39, 0.29) is 5.41 Å². The smallest absolute Gasteiger partial charge is 0.0541 e. The van der Waals surface area contributed by atoms with E-state index in [4.69, 9.17) is 0 Å². The van der Waals surface area contributed by atoms with Crippen molar-refractivity contribution in [1.82, 2.24) is 4.57 Å². The highest BCUT2D eigenvalue weighted by atomic mass is 15.0. The lowest BCUT2D eigenvalue weighted by Crippen LogP contribution is -2.10. The maximum atomic E-state index is 2.43. The van der Waals surface area contributed by atoms with Gasteiger partial charge in [-0.1, -0.05) is 154 Å². The zero-order valence-electron chi connectivity index (χ0n) is 28.1. The van der Waals surface area contributed by atoms with Gasteiger partial charge in [-0.05, 0) is 102 Å². The van der Waals surface area contributed by atoms with Crippen molar-refractivity contribution in [2.45, 2.75) is 26.2 Å². The van der Waals surface area contributed by atoms with E-state index in [0.29, 0.717) is 0 Å². The monoisotopic (exact) mass is 627 g/mol. The molecule has 0 atom stereocenters. The zero-order valence-corrected chi connectivity index (χ0v) is 28.1. The van der Waals surface area contributed by atoms with E-state index in [1.54, 1.807) is 0 Å². The number of fused-ring (bicyclic) bond motifs is 5. The fourth-order valence-electron chi connectivity index (χ4n) is 7.71. The third-order valence-corrected chi connectivity index (χ3v) is 10.1. The number of para-hydroxylation sites is 1. The SMILES string of the molecule is CC(C)(C)c1ccc2c(-c3ccc(-n4c5ccccc5c5cc(-c6ccccc6)ccc54)cc3)c3ccccc3c(-c3ccccc3)c2c1. The molecule has 234 valence electrons. The van der Waals surface area contributed by atoms with Crippen LogP contribution in [0.4, 0.5) is 0 Å². The van der Waals surface area contributed by atoms with Crippen LogP contribution < -0.4 is 0 Å². The van der Waals surface area contributed by atoms with Gasteiger partial charge in [-0.2, -0.15) is 0 Å². The molecule has 0 unspecified atom stereocenters. The van der Waals surface area contributed by atoms with Crippen molar-refractivity contribution in [1.29, 1.82) is 0 Å². The predicted molar refractivity (Wildman–Crippen MR) is 211 cm³/mol. The van der Waals surface area contributed by atoms with Crippen LogP contribution in [0.2, 0.25) is 0 Å². The van der Waals surface area contributed by atoms with Crippen LogP contribution >= 0.6 is 0 Å².